The quantitative estimate of drug-likeness (QED) is 0.811. The molecular formula is C12H20N6. The van der Waals surface area contributed by atoms with Crippen LogP contribution in [-0.2, 0) is 0 Å². The van der Waals surface area contributed by atoms with Gasteiger partial charge in [-0.3, -0.25) is 5.01 Å². The molecule has 2 rings (SSSR count). The maximum Gasteiger partial charge on any atom is 0.151 e. The van der Waals surface area contributed by atoms with Crippen LogP contribution in [0.3, 0.4) is 0 Å². The van der Waals surface area contributed by atoms with E-state index in [9.17, 15) is 0 Å². The Labute approximate surface area is 108 Å². The number of nitrogens with zero attached hydrogens (tertiary/aromatic N) is 4. The van der Waals surface area contributed by atoms with E-state index in [1.54, 1.807) is 6.33 Å². The average Bonchev–Trinajstić information content (AvgIpc) is 2.43. The Morgan fingerprint density at radius 1 is 1.28 bits per heavy atom. The zero-order chi connectivity index (χ0) is 12.8. The molecular weight excluding hydrogens is 228 g/mol. The van der Waals surface area contributed by atoms with Gasteiger partial charge in [0, 0.05) is 13.1 Å². The standard InChI is InChI=1S/C12H20N6/c1-3-5-14-12-11-10(7-13-8-15-11)18(9-16-12)17-6-4-2/h7-8,17H,3-6,9H2,1-2H3,(H,14,16). The van der Waals surface area contributed by atoms with Gasteiger partial charge in [-0.25, -0.2) is 20.4 Å². The summed E-state index contributed by atoms with van der Waals surface area (Å²) >= 11 is 0. The van der Waals surface area contributed by atoms with Crippen molar-refractivity contribution in [3.63, 3.8) is 0 Å². The average molecular weight is 248 g/mol. The van der Waals surface area contributed by atoms with E-state index in [0.29, 0.717) is 6.67 Å². The predicted octanol–water partition coefficient (Wildman–Crippen LogP) is 0.915. The van der Waals surface area contributed by atoms with Gasteiger partial charge in [-0.15, -0.1) is 0 Å². The van der Waals surface area contributed by atoms with E-state index in [4.69, 9.17) is 0 Å². The molecule has 0 atom stereocenters. The van der Waals surface area contributed by atoms with Crippen molar-refractivity contribution in [2.75, 3.05) is 24.8 Å². The number of hydrazine groups is 1. The van der Waals surface area contributed by atoms with Crippen LogP contribution in [0, 0.1) is 0 Å². The summed E-state index contributed by atoms with van der Waals surface area (Å²) in [5.41, 5.74) is 5.18. The molecule has 18 heavy (non-hydrogen) atoms. The van der Waals surface area contributed by atoms with Crippen LogP contribution in [-0.4, -0.2) is 35.6 Å². The Morgan fingerprint density at radius 2 is 2.11 bits per heavy atom. The van der Waals surface area contributed by atoms with Crippen LogP contribution in [0.2, 0.25) is 0 Å². The third kappa shape index (κ3) is 2.76. The monoisotopic (exact) mass is 248 g/mol. The number of nitrogens with one attached hydrogen (secondary N) is 2. The Morgan fingerprint density at radius 3 is 2.89 bits per heavy atom. The maximum absolute atomic E-state index is 4.52. The molecule has 2 heterocycles. The van der Waals surface area contributed by atoms with Crippen molar-refractivity contribution in [3.05, 3.63) is 18.2 Å². The van der Waals surface area contributed by atoms with E-state index in [2.05, 4.69) is 39.6 Å². The van der Waals surface area contributed by atoms with Gasteiger partial charge >= 0.3 is 0 Å². The Balaban J connectivity index is 2.17. The highest BCUT2D eigenvalue weighted by Crippen LogP contribution is 2.19. The molecule has 6 nitrogen and oxygen atoms in total. The van der Waals surface area contributed by atoms with Gasteiger partial charge in [0.15, 0.2) is 5.84 Å². The summed E-state index contributed by atoms with van der Waals surface area (Å²) in [6.45, 7) is 6.68. The maximum atomic E-state index is 4.52. The smallest absolute Gasteiger partial charge is 0.151 e. The summed E-state index contributed by atoms with van der Waals surface area (Å²) in [6.07, 6.45) is 5.53. The van der Waals surface area contributed by atoms with E-state index in [-0.39, 0.29) is 0 Å². The molecule has 0 aromatic carbocycles. The lowest BCUT2D eigenvalue weighted by Crippen LogP contribution is -2.44. The number of rotatable bonds is 5. The number of aliphatic imine (C=N–C) groups is 1. The van der Waals surface area contributed by atoms with Crippen molar-refractivity contribution >= 4 is 11.5 Å². The number of aromatic nitrogens is 2. The Hall–Kier alpha value is -1.69. The molecule has 0 unspecified atom stereocenters. The molecule has 1 aromatic rings. The molecule has 0 spiro atoms. The number of anilines is 1. The van der Waals surface area contributed by atoms with Gasteiger partial charge in [0.1, 0.15) is 24.4 Å². The molecule has 0 saturated carbocycles. The van der Waals surface area contributed by atoms with Gasteiger partial charge in [0.25, 0.3) is 0 Å². The normalized spacial score (nSPS) is 14.1. The van der Waals surface area contributed by atoms with Crippen molar-refractivity contribution < 1.29 is 0 Å². The fourth-order valence-corrected chi connectivity index (χ4v) is 1.76. The molecule has 0 aliphatic carbocycles. The minimum atomic E-state index is 0.590. The Bertz CT molecular complexity index is 417. The van der Waals surface area contributed by atoms with E-state index in [0.717, 1.165) is 43.1 Å². The van der Waals surface area contributed by atoms with Gasteiger partial charge in [-0.1, -0.05) is 13.8 Å². The molecule has 1 aliphatic heterocycles. The van der Waals surface area contributed by atoms with Crippen molar-refractivity contribution in [1.82, 2.24) is 20.7 Å². The van der Waals surface area contributed by atoms with E-state index >= 15 is 0 Å². The summed E-state index contributed by atoms with van der Waals surface area (Å²) in [5.74, 6) is 0.865. The van der Waals surface area contributed by atoms with Crippen molar-refractivity contribution in [2.45, 2.75) is 26.7 Å². The molecule has 0 bridgehead atoms. The number of hydrogen-bond acceptors (Lipinski definition) is 6. The number of amidine groups is 1. The third-order valence-electron chi connectivity index (χ3n) is 2.67. The minimum absolute atomic E-state index is 0.590. The molecule has 1 aromatic heterocycles. The topological polar surface area (TPSA) is 65.4 Å². The van der Waals surface area contributed by atoms with E-state index < -0.39 is 0 Å². The van der Waals surface area contributed by atoms with Gasteiger partial charge in [-0.05, 0) is 12.8 Å². The first-order chi connectivity index (χ1) is 8.86. The number of fused-ring (bicyclic) bond motifs is 1. The van der Waals surface area contributed by atoms with Crippen LogP contribution in [0.5, 0.6) is 0 Å². The summed E-state index contributed by atoms with van der Waals surface area (Å²) < 4.78 is 0. The zero-order valence-corrected chi connectivity index (χ0v) is 11.0. The minimum Gasteiger partial charge on any atom is -0.368 e. The van der Waals surface area contributed by atoms with Crippen molar-refractivity contribution in [1.29, 1.82) is 0 Å². The second kappa shape index (κ2) is 6.30. The Kier molecular flexibility index (Phi) is 4.46. The molecule has 98 valence electrons. The zero-order valence-electron chi connectivity index (χ0n) is 11.0. The number of hydrogen-bond donors (Lipinski definition) is 2. The SMILES string of the molecule is CCCNC1=NCN(NCCC)c2cncnc21. The van der Waals surface area contributed by atoms with Crippen molar-refractivity contribution in [2.24, 2.45) is 4.99 Å². The second-order valence-electron chi connectivity index (χ2n) is 4.17. The lowest BCUT2D eigenvalue weighted by Gasteiger charge is -2.29. The first-order valence-electron chi connectivity index (χ1n) is 6.46. The van der Waals surface area contributed by atoms with Crippen LogP contribution in [0.15, 0.2) is 17.5 Å². The molecule has 6 heteroatoms. The first kappa shape index (κ1) is 12.8. The summed E-state index contributed by atoms with van der Waals surface area (Å²) in [6, 6.07) is 0. The van der Waals surface area contributed by atoms with Crippen LogP contribution >= 0.6 is 0 Å². The molecule has 1 aliphatic rings. The van der Waals surface area contributed by atoms with Gasteiger partial charge in [0.2, 0.25) is 0 Å². The molecule has 0 saturated heterocycles. The highest BCUT2D eigenvalue weighted by atomic mass is 15.5. The first-order valence-corrected chi connectivity index (χ1v) is 6.46. The molecule has 2 N–H and O–H groups in total. The third-order valence-corrected chi connectivity index (χ3v) is 2.67. The van der Waals surface area contributed by atoms with Gasteiger partial charge in [0.05, 0.1) is 6.20 Å². The van der Waals surface area contributed by atoms with Crippen LogP contribution in [0.1, 0.15) is 32.4 Å². The summed E-state index contributed by atoms with van der Waals surface area (Å²) in [7, 11) is 0. The lowest BCUT2D eigenvalue weighted by molar-refractivity contribution is 0.612. The highest BCUT2D eigenvalue weighted by molar-refractivity contribution is 6.02. The van der Waals surface area contributed by atoms with Crippen LogP contribution in [0.4, 0.5) is 5.69 Å². The summed E-state index contributed by atoms with van der Waals surface area (Å²) in [5, 5.41) is 5.31. The fourth-order valence-electron chi connectivity index (χ4n) is 1.76. The highest BCUT2D eigenvalue weighted by Gasteiger charge is 2.20. The molecule has 0 radical (unpaired) electrons. The fraction of sp³-hybridized carbons (Fsp3) is 0.583. The second-order valence-corrected chi connectivity index (χ2v) is 4.17. The van der Waals surface area contributed by atoms with Crippen LogP contribution < -0.4 is 15.8 Å². The van der Waals surface area contributed by atoms with Gasteiger partial charge < -0.3 is 5.32 Å². The van der Waals surface area contributed by atoms with Crippen molar-refractivity contribution in [3.8, 4) is 0 Å². The molecule has 0 fully saturated rings. The van der Waals surface area contributed by atoms with Crippen LogP contribution in [0.25, 0.3) is 0 Å². The lowest BCUT2D eigenvalue weighted by atomic mass is 10.2. The summed E-state index contributed by atoms with van der Waals surface area (Å²) in [4.78, 5) is 12.9. The van der Waals surface area contributed by atoms with E-state index in [1.807, 2.05) is 11.2 Å². The predicted molar refractivity (Wildman–Crippen MR) is 72.5 cm³/mol. The van der Waals surface area contributed by atoms with E-state index in [1.165, 1.54) is 0 Å². The largest absolute Gasteiger partial charge is 0.368 e. The van der Waals surface area contributed by atoms with Gasteiger partial charge in [-0.2, -0.15) is 0 Å². The molecule has 0 amide bonds.